The third-order valence-corrected chi connectivity index (χ3v) is 2.94. The fraction of sp³-hybridized carbons (Fsp3) is 0.385. The Labute approximate surface area is 113 Å². The fourth-order valence-corrected chi connectivity index (χ4v) is 1.71. The number of benzene rings is 1. The Balaban J connectivity index is 2.75. The maximum Gasteiger partial charge on any atom is 0.251 e. The molecule has 2 N–H and O–H groups in total. The van der Waals surface area contributed by atoms with Crippen molar-refractivity contribution in [2.45, 2.75) is 19.6 Å². The number of thiocarbonyl (C=S) groups is 1. The van der Waals surface area contributed by atoms with Crippen LogP contribution in [0.5, 0.6) is 0 Å². The quantitative estimate of drug-likeness (QED) is 0.817. The van der Waals surface area contributed by atoms with Crippen molar-refractivity contribution in [1.29, 1.82) is 0 Å². The average molecular weight is 266 g/mol. The van der Waals surface area contributed by atoms with E-state index >= 15 is 0 Å². The number of hydrogen-bond acceptors (Lipinski definition) is 3. The zero-order valence-electron chi connectivity index (χ0n) is 10.8. The Morgan fingerprint density at radius 3 is 2.78 bits per heavy atom. The molecule has 1 unspecified atom stereocenters. The molecule has 0 saturated carbocycles. The van der Waals surface area contributed by atoms with Crippen LogP contribution < -0.4 is 5.73 Å². The summed E-state index contributed by atoms with van der Waals surface area (Å²) in [4.78, 5) is 13.8. The third kappa shape index (κ3) is 3.78. The van der Waals surface area contributed by atoms with E-state index in [1.165, 1.54) is 7.11 Å². The van der Waals surface area contributed by atoms with Gasteiger partial charge in [0.1, 0.15) is 11.1 Å². The molecule has 1 rings (SSSR count). The predicted molar refractivity (Wildman–Crippen MR) is 75.3 cm³/mol. The summed E-state index contributed by atoms with van der Waals surface area (Å²) in [6, 6.07) is 7.56. The number of amides is 1. The number of nitrogens with zero attached hydrogens (tertiary/aromatic N) is 1. The van der Waals surface area contributed by atoms with Crippen molar-refractivity contribution in [2.75, 3.05) is 14.2 Å². The highest BCUT2D eigenvalue weighted by atomic mass is 32.1. The van der Waals surface area contributed by atoms with E-state index < -0.39 is 6.10 Å². The molecule has 1 amide bonds. The molecule has 1 aromatic rings. The highest BCUT2D eigenvalue weighted by molar-refractivity contribution is 7.80. The minimum atomic E-state index is -0.436. The number of nitrogens with two attached hydrogens (primary N) is 1. The van der Waals surface area contributed by atoms with Gasteiger partial charge >= 0.3 is 0 Å². The van der Waals surface area contributed by atoms with Crippen LogP contribution in [0.2, 0.25) is 0 Å². The van der Waals surface area contributed by atoms with Gasteiger partial charge in [0.25, 0.3) is 5.91 Å². The minimum absolute atomic E-state index is 0.0572. The highest BCUT2D eigenvalue weighted by Crippen LogP contribution is 2.09. The molecule has 0 aliphatic heterocycles. The number of likely N-dealkylation sites (N-methyl/N-ethyl adjacent to an activating group) is 1. The lowest BCUT2D eigenvalue weighted by atomic mass is 10.1. The van der Waals surface area contributed by atoms with Crippen molar-refractivity contribution in [3.63, 3.8) is 0 Å². The molecule has 0 aromatic heterocycles. The van der Waals surface area contributed by atoms with Gasteiger partial charge in [-0.25, -0.2) is 0 Å². The van der Waals surface area contributed by atoms with Crippen molar-refractivity contribution >= 4 is 23.1 Å². The topological polar surface area (TPSA) is 55.6 Å². The zero-order valence-corrected chi connectivity index (χ0v) is 11.7. The molecular formula is C13H18N2O2S. The molecule has 0 saturated heterocycles. The van der Waals surface area contributed by atoms with E-state index in [1.54, 1.807) is 18.9 Å². The van der Waals surface area contributed by atoms with Crippen LogP contribution in [0, 0.1) is 0 Å². The summed E-state index contributed by atoms with van der Waals surface area (Å²) in [7, 11) is 3.26. The SMILES string of the molecule is COC(C)C(=O)N(C)Cc1cccc(C(N)=S)c1. The van der Waals surface area contributed by atoms with Gasteiger partial charge in [-0.05, 0) is 18.6 Å². The first-order valence-corrected chi connectivity index (χ1v) is 6.03. The molecule has 0 aliphatic rings. The minimum Gasteiger partial charge on any atom is -0.389 e. The van der Waals surface area contributed by atoms with Gasteiger partial charge in [0.05, 0.1) is 0 Å². The van der Waals surface area contributed by atoms with E-state index in [0.717, 1.165) is 11.1 Å². The summed E-state index contributed by atoms with van der Waals surface area (Å²) in [5, 5.41) is 0. The zero-order chi connectivity index (χ0) is 13.7. The van der Waals surface area contributed by atoms with E-state index in [4.69, 9.17) is 22.7 Å². The molecule has 0 aliphatic carbocycles. The molecule has 1 atom stereocenters. The molecule has 0 fully saturated rings. The third-order valence-electron chi connectivity index (χ3n) is 2.71. The summed E-state index contributed by atoms with van der Waals surface area (Å²) in [6.07, 6.45) is -0.436. The first kappa shape index (κ1) is 14.6. The van der Waals surface area contributed by atoms with Gasteiger partial charge in [0, 0.05) is 26.3 Å². The molecule has 5 heteroatoms. The summed E-state index contributed by atoms with van der Waals surface area (Å²) in [5.41, 5.74) is 7.37. The Hall–Kier alpha value is -1.46. The van der Waals surface area contributed by atoms with Gasteiger partial charge in [0.15, 0.2) is 0 Å². The molecule has 0 radical (unpaired) electrons. The molecule has 1 aromatic carbocycles. The predicted octanol–water partition coefficient (Wildman–Crippen LogP) is 1.31. The van der Waals surface area contributed by atoms with Crippen LogP contribution in [-0.4, -0.2) is 36.1 Å². The van der Waals surface area contributed by atoms with Gasteiger partial charge in [0.2, 0.25) is 0 Å². The van der Waals surface area contributed by atoms with Crippen molar-refractivity contribution in [3.05, 3.63) is 35.4 Å². The van der Waals surface area contributed by atoms with Crippen LogP contribution in [0.15, 0.2) is 24.3 Å². The van der Waals surface area contributed by atoms with E-state index in [2.05, 4.69) is 0 Å². The molecular weight excluding hydrogens is 248 g/mol. The van der Waals surface area contributed by atoms with E-state index in [1.807, 2.05) is 24.3 Å². The summed E-state index contributed by atoms with van der Waals surface area (Å²) in [5.74, 6) is -0.0572. The van der Waals surface area contributed by atoms with Gasteiger partial charge in [-0.3, -0.25) is 4.79 Å². The smallest absolute Gasteiger partial charge is 0.251 e. The second-order valence-corrected chi connectivity index (χ2v) is 4.58. The Kier molecular flexibility index (Phi) is 5.25. The van der Waals surface area contributed by atoms with Crippen molar-refractivity contribution < 1.29 is 9.53 Å². The number of methoxy groups -OCH3 is 1. The van der Waals surface area contributed by atoms with Crippen LogP contribution in [0.3, 0.4) is 0 Å². The molecule has 0 heterocycles. The van der Waals surface area contributed by atoms with E-state index in [9.17, 15) is 4.79 Å². The lowest BCUT2D eigenvalue weighted by molar-refractivity contribution is -0.140. The number of carbonyl (C=O) groups is 1. The number of hydrogen-bond donors (Lipinski definition) is 1. The Bertz CT molecular complexity index is 448. The number of ether oxygens (including phenoxy) is 1. The van der Waals surface area contributed by atoms with Crippen molar-refractivity contribution in [3.8, 4) is 0 Å². The average Bonchev–Trinajstić information content (AvgIpc) is 2.37. The second-order valence-electron chi connectivity index (χ2n) is 4.14. The standard InChI is InChI=1S/C13H18N2O2S/c1-9(17-3)13(16)15(2)8-10-5-4-6-11(7-10)12(14)18/h4-7,9H,8H2,1-3H3,(H2,14,18). The molecule has 0 bridgehead atoms. The van der Waals surface area contributed by atoms with Gasteiger partial charge < -0.3 is 15.4 Å². The molecule has 98 valence electrons. The lowest BCUT2D eigenvalue weighted by Crippen LogP contribution is -2.35. The van der Waals surface area contributed by atoms with Crippen LogP contribution >= 0.6 is 12.2 Å². The second kappa shape index (κ2) is 6.47. The lowest BCUT2D eigenvalue weighted by Gasteiger charge is -2.20. The summed E-state index contributed by atoms with van der Waals surface area (Å²) >= 11 is 4.92. The summed E-state index contributed by atoms with van der Waals surface area (Å²) < 4.78 is 5.00. The molecule has 0 spiro atoms. The Morgan fingerprint density at radius 1 is 1.56 bits per heavy atom. The maximum atomic E-state index is 11.8. The highest BCUT2D eigenvalue weighted by Gasteiger charge is 2.16. The normalized spacial score (nSPS) is 11.9. The van der Waals surface area contributed by atoms with Crippen LogP contribution in [0.4, 0.5) is 0 Å². The van der Waals surface area contributed by atoms with Crippen LogP contribution in [-0.2, 0) is 16.1 Å². The van der Waals surface area contributed by atoms with E-state index in [0.29, 0.717) is 11.5 Å². The van der Waals surface area contributed by atoms with E-state index in [-0.39, 0.29) is 5.91 Å². The summed E-state index contributed by atoms with van der Waals surface area (Å²) in [6.45, 7) is 2.23. The van der Waals surface area contributed by atoms with Gasteiger partial charge in [-0.15, -0.1) is 0 Å². The van der Waals surface area contributed by atoms with Crippen molar-refractivity contribution in [1.82, 2.24) is 4.90 Å². The Morgan fingerprint density at radius 2 is 2.22 bits per heavy atom. The fourth-order valence-electron chi connectivity index (χ4n) is 1.59. The number of carbonyl (C=O) groups excluding carboxylic acids is 1. The largest absolute Gasteiger partial charge is 0.389 e. The maximum absolute atomic E-state index is 11.8. The first-order valence-electron chi connectivity index (χ1n) is 5.62. The molecule has 4 nitrogen and oxygen atoms in total. The van der Waals surface area contributed by atoms with Crippen LogP contribution in [0.25, 0.3) is 0 Å². The van der Waals surface area contributed by atoms with Gasteiger partial charge in [-0.2, -0.15) is 0 Å². The van der Waals surface area contributed by atoms with Crippen LogP contribution in [0.1, 0.15) is 18.1 Å². The first-order chi connectivity index (χ1) is 8.45. The number of rotatable bonds is 5. The monoisotopic (exact) mass is 266 g/mol. The van der Waals surface area contributed by atoms with Gasteiger partial charge in [-0.1, -0.05) is 30.4 Å². The van der Waals surface area contributed by atoms with Crippen molar-refractivity contribution in [2.24, 2.45) is 5.73 Å². The molecule has 18 heavy (non-hydrogen) atoms.